The number of hydrogen-bond acceptors (Lipinski definition) is 20. The molecular formula is C76H138N2O21. The fourth-order valence-electron chi connectivity index (χ4n) is 13.4. The topological polar surface area (TPSA) is 373 Å². The van der Waals surface area contributed by atoms with Gasteiger partial charge >= 0.3 is 5.97 Å². The maximum absolute atomic E-state index is 13.5. The summed E-state index contributed by atoms with van der Waals surface area (Å²) < 4.78 is 34.8. The van der Waals surface area contributed by atoms with Gasteiger partial charge < -0.3 is 100 Å². The zero-order valence-electron chi connectivity index (χ0n) is 60.8. The number of carboxylic acid groups (broad SMARTS) is 1. The fourth-order valence-corrected chi connectivity index (χ4v) is 13.4. The average molecular weight is 1420 g/mol. The predicted octanol–water partition coefficient (Wildman–Crippen LogP) is 9.35. The lowest BCUT2D eigenvalue weighted by Gasteiger charge is -2.50. The number of unbranched alkanes of at least 4 members (excludes halogenated alkanes) is 36. The number of allylic oxidation sites excluding steroid dienone is 5. The number of aliphatic hydroxyl groups is 11. The van der Waals surface area contributed by atoms with E-state index in [0.29, 0.717) is 12.8 Å². The van der Waals surface area contributed by atoms with Crippen LogP contribution >= 0.6 is 0 Å². The monoisotopic (exact) mass is 1410 g/mol. The Labute approximate surface area is 593 Å². The van der Waals surface area contributed by atoms with E-state index in [2.05, 4.69) is 48.8 Å². The Morgan fingerprint density at radius 3 is 1.42 bits per heavy atom. The molecule has 3 aliphatic heterocycles. The first-order chi connectivity index (χ1) is 47.9. The van der Waals surface area contributed by atoms with E-state index in [-0.39, 0.29) is 12.3 Å². The Bertz CT molecular complexity index is 2130. The fraction of sp³-hybridized carbons (Fsp3) is 0.882. The van der Waals surface area contributed by atoms with E-state index in [4.69, 9.17) is 28.4 Å². The Kier molecular flexibility index (Phi) is 50.5. The third-order valence-electron chi connectivity index (χ3n) is 19.6. The van der Waals surface area contributed by atoms with Gasteiger partial charge in [0.25, 0.3) is 5.79 Å². The van der Waals surface area contributed by atoms with Crippen LogP contribution in [0.3, 0.4) is 0 Å². The van der Waals surface area contributed by atoms with Crippen LogP contribution in [0.5, 0.6) is 0 Å². The molecule has 2 amide bonds. The first-order valence-corrected chi connectivity index (χ1v) is 38.9. The highest BCUT2D eigenvalue weighted by Gasteiger charge is 2.60. The number of carbonyl (C=O) groups excluding carboxylic acids is 2. The number of amides is 2. The molecule has 578 valence electrons. The molecule has 0 radical (unpaired) electrons. The summed E-state index contributed by atoms with van der Waals surface area (Å²) in [7, 11) is 0. The molecule has 3 fully saturated rings. The van der Waals surface area contributed by atoms with E-state index in [0.717, 1.165) is 58.3 Å². The highest BCUT2D eigenvalue weighted by Crippen LogP contribution is 2.39. The maximum Gasteiger partial charge on any atom is 0.364 e. The van der Waals surface area contributed by atoms with Gasteiger partial charge in [0.15, 0.2) is 12.6 Å². The van der Waals surface area contributed by atoms with Gasteiger partial charge in [-0.05, 0) is 51.4 Å². The van der Waals surface area contributed by atoms with Gasteiger partial charge in [0, 0.05) is 19.8 Å². The molecule has 0 bridgehead atoms. The van der Waals surface area contributed by atoms with Crippen LogP contribution in [0.25, 0.3) is 0 Å². The van der Waals surface area contributed by atoms with Gasteiger partial charge in [0.05, 0.1) is 50.7 Å². The van der Waals surface area contributed by atoms with E-state index in [1.54, 1.807) is 6.08 Å². The number of nitrogens with one attached hydrogen (secondary N) is 2. The van der Waals surface area contributed by atoms with E-state index in [1.165, 1.54) is 193 Å². The molecule has 23 heteroatoms. The number of carbonyl (C=O) groups is 3. The maximum atomic E-state index is 13.5. The third kappa shape index (κ3) is 36.5. The van der Waals surface area contributed by atoms with Gasteiger partial charge in [-0.3, -0.25) is 9.59 Å². The van der Waals surface area contributed by atoms with E-state index < -0.39 is 155 Å². The normalized spacial score (nSPS) is 27.3. The minimum Gasteiger partial charge on any atom is -0.477 e. The van der Waals surface area contributed by atoms with E-state index in [9.17, 15) is 75.7 Å². The third-order valence-corrected chi connectivity index (χ3v) is 19.6. The lowest BCUT2D eigenvalue weighted by molar-refractivity contribution is -0.386. The summed E-state index contributed by atoms with van der Waals surface area (Å²) in [6.07, 6.45) is 32.4. The minimum atomic E-state index is -3.08. The van der Waals surface area contributed by atoms with Crippen molar-refractivity contribution in [2.45, 2.75) is 400 Å². The quantitative estimate of drug-likeness (QED) is 0.0199. The van der Waals surface area contributed by atoms with Crippen molar-refractivity contribution in [3.8, 4) is 0 Å². The number of hydrogen-bond donors (Lipinski definition) is 14. The van der Waals surface area contributed by atoms with Crippen LogP contribution in [0, 0.1) is 0 Å². The predicted molar refractivity (Wildman–Crippen MR) is 380 cm³/mol. The van der Waals surface area contributed by atoms with Gasteiger partial charge in [-0.2, -0.15) is 0 Å². The first-order valence-electron chi connectivity index (χ1n) is 38.9. The Morgan fingerprint density at radius 1 is 0.535 bits per heavy atom. The molecule has 0 aromatic heterocycles. The summed E-state index contributed by atoms with van der Waals surface area (Å²) in [4.78, 5) is 38.5. The minimum absolute atomic E-state index is 0.201. The highest BCUT2D eigenvalue weighted by atomic mass is 16.8. The van der Waals surface area contributed by atoms with Crippen molar-refractivity contribution >= 4 is 17.8 Å². The lowest BCUT2D eigenvalue weighted by Crippen LogP contribution is -2.70. The largest absolute Gasteiger partial charge is 0.477 e. The van der Waals surface area contributed by atoms with Crippen LogP contribution in [0.1, 0.15) is 290 Å². The van der Waals surface area contributed by atoms with Gasteiger partial charge in [-0.15, -0.1) is 0 Å². The SMILES string of the molecule is CCCCCCCCCC/C=C/C(O)C(COC1OC(CO)C(OC2OC(CO)C(O)C(OC3(C(=O)O)CC(O)C(NC(C)=O)C(C(O)C(O)CO)O3)C2O)C(O)C1O)NC(=O)CCCCCCCCCCCCCCCCCCC/C=C\C/C=C\CCCCCCCCCCCCC. The van der Waals surface area contributed by atoms with Crippen molar-refractivity contribution in [2.75, 3.05) is 26.4 Å². The molecule has 0 aromatic rings. The van der Waals surface area contributed by atoms with Crippen molar-refractivity contribution in [3.05, 3.63) is 36.5 Å². The van der Waals surface area contributed by atoms with Gasteiger partial charge in [-0.1, -0.05) is 256 Å². The second-order valence-corrected chi connectivity index (χ2v) is 28.2. The summed E-state index contributed by atoms with van der Waals surface area (Å²) >= 11 is 0. The molecule has 0 spiro atoms. The Hall–Kier alpha value is -3.05. The number of rotatable bonds is 60. The Morgan fingerprint density at radius 2 is 0.980 bits per heavy atom. The zero-order chi connectivity index (χ0) is 72.5. The van der Waals surface area contributed by atoms with Crippen molar-refractivity contribution in [2.24, 2.45) is 0 Å². The number of aliphatic carboxylic acids is 1. The molecule has 18 atom stereocenters. The number of aliphatic hydroxyl groups excluding tert-OH is 11. The molecule has 99 heavy (non-hydrogen) atoms. The molecule has 14 N–H and O–H groups in total. The second kappa shape index (κ2) is 55.4. The molecule has 3 rings (SSSR count). The highest BCUT2D eigenvalue weighted by molar-refractivity contribution is 5.77. The standard InChI is InChI=1S/C76H138N2O21/c1-4-6-8-10-12-14-16-17-18-19-20-21-22-23-24-25-26-27-28-29-30-31-32-33-34-35-36-37-38-39-40-42-44-46-48-50-63(86)78-57(58(83)49-47-45-43-41-15-13-11-9-7-5-2)55-94-73-68(90)67(89)70(62(54-81)96-73)97-74-69(91)72(66(88)61(53-80)95-74)99-76(75(92)93)51-59(84)64(77-56(3)82)71(98-76)65(87)60(85)52-79/h22-23,25-26,47,49,57-62,64-74,79-81,83-85,87-91H,4-21,24,27-46,48,50-55H2,1-3H3,(H,77,82)(H,78,86)(H,92,93)/b23-22-,26-25-,49-47+. The Balaban J connectivity index is 1.42. The van der Waals surface area contributed by atoms with Crippen molar-refractivity contribution in [3.63, 3.8) is 0 Å². The van der Waals surface area contributed by atoms with Crippen LogP contribution in [0.15, 0.2) is 36.5 Å². The van der Waals surface area contributed by atoms with Gasteiger partial charge in [0.1, 0.15) is 67.1 Å². The summed E-state index contributed by atoms with van der Waals surface area (Å²) in [5.41, 5.74) is 0. The summed E-state index contributed by atoms with van der Waals surface area (Å²) in [5, 5.41) is 136. The average Bonchev–Trinajstić information content (AvgIpc) is 0.755. The van der Waals surface area contributed by atoms with E-state index in [1.807, 2.05) is 6.08 Å². The number of carboxylic acids is 1. The molecule has 23 nitrogen and oxygen atoms in total. The van der Waals surface area contributed by atoms with Crippen LogP contribution in [-0.4, -0.2) is 215 Å². The van der Waals surface area contributed by atoms with E-state index >= 15 is 0 Å². The molecular weight excluding hydrogens is 1280 g/mol. The van der Waals surface area contributed by atoms with Crippen LogP contribution in [0.2, 0.25) is 0 Å². The summed E-state index contributed by atoms with van der Waals surface area (Å²) in [6.45, 7) is 2.12. The van der Waals surface area contributed by atoms with Crippen LogP contribution in [-0.2, 0) is 42.8 Å². The molecule has 0 aliphatic carbocycles. The smallest absolute Gasteiger partial charge is 0.364 e. The molecule has 3 aliphatic rings. The van der Waals surface area contributed by atoms with Gasteiger partial charge in [-0.25, -0.2) is 4.79 Å². The van der Waals surface area contributed by atoms with Crippen molar-refractivity contribution in [1.82, 2.24) is 10.6 Å². The number of ether oxygens (including phenoxy) is 6. The van der Waals surface area contributed by atoms with Gasteiger partial charge in [0.2, 0.25) is 11.8 Å². The molecule has 3 heterocycles. The second-order valence-electron chi connectivity index (χ2n) is 28.2. The molecule has 0 saturated carbocycles. The summed E-state index contributed by atoms with van der Waals surface area (Å²) in [6, 6.07) is -2.62. The first kappa shape index (κ1) is 90.2. The van der Waals surface area contributed by atoms with Crippen molar-refractivity contribution in [1.29, 1.82) is 0 Å². The lowest BCUT2D eigenvalue weighted by atomic mass is 9.88. The zero-order valence-corrected chi connectivity index (χ0v) is 60.8. The van der Waals surface area contributed by atoms with Crippen LogP contribution < -0.4 is 10.6 Å². The molecule has 0 aromatic carbocycles. The molecule has 3 saturated heterocycles. The summed E-state index contributed by atoms with van der Waals surface area (Å²) in [5.74, 6) is -6.14. The molecule has 18 unspecified atom stereocenters. The van der Waals surface area contributed by atoms with Crippen LogP contribution in [0.4, 0.5) is 0 Å². The van der Waals surface area contributed by atoms with Crippen molar-refractivity contribution < 1.29 is 104 Å².